The Morgan fingerprint density at radius 1 is 1.08 bits per heavy atom. The van der Waals surface area contributed by atoms with E-state index in [9.17, 15) is 15.0 Å². The number of carbonyl (C=O) groups is 1. The van der Waals surface area contributed by atoms with Crippen molar-refractivity contribution >= 4 is 5.97 Å². The average Bonchev–Trinajstić information content (AvgIpc) is 2.68. The number of unbranched alkanes of at least 4 members (excludes halogenated alkanes) is 1. The molecule has 4 heteroatoms. The molecule has 0 atom stereocenters. The molecular formula is C22H36O4. The third-order valence-electron chi connectivity index (χ3n) is 3.41. The number of hydrogen-bond donors (Lipinski definition) is 2. The number of phenolic OH excluding ortho intramolecular Hbond substituents is 2. The quantitative estimate of drug-likeness (QED) is 0.247. The van der Waals surface area contributed by atoms with Gasteiger partial charge in [-0.2, -0.15) is 0 Å². The lowest BCUT2D eigenvalue weighted by Gasteiger charge is -2.06. The Morgan fingerprint density at radius 2 is 1.73 bits per heavy atom. The van der Waals surface area contributed by atoms with Gasteiger partial charge in [0, 0.05) is 6.42 Å². The molecule has 0 heterocycles. The maximum Gasteiger partial charge on any atom is 0.306 e. The Labute approximate surface area is 159 Å². The van der Waals surface area contributed by atoms with Crippen LogP contribution in [-0.4, -0.2) is 22.8 Å². The second-order valence-electron chi connectivity index (χ2n) is 5.07. The van der Waals surface area contributed by atoms with Crippen molar-refractivity contribution in [3.8, 4) is 11.5 Å². The van der Waals surface area contributed by atoms with Crippen molar-refractivity contribution in [3.63, 3.8) is 0 Å². The van der Waals surface area contributed by atoms with Gasteiger partial charge in [0.15, 0.2) is 11.5 Å². The highest BCUT2D eigenvalue weighted by molar-refractivity contribution is 5.69. The zero-order valence-corrected chi connectivity index (χ0v) is 17.0. The minimum Gasteiger partial charge on any atom is -0.504 e. The van der Waals surface area contributed by atoms with Crippen LogP contribution in [0.1, 0.15) is 65.9 Å². The van der Waals surface area contributed by atoms with E-state index in [2.05, 4.69) is 6.58 Å². The molecule has 0 aliphatic heterocycles. The van der Waals surface area contributed by atoms with Gasteiger partial charge in [-0.15, -0.1) is 0 Å². The summed E-state index contributed by atoms with van der Waals surface area (Å²) in [6.07, 6.45) is 7.36. The summed E-state index contributed by atoms with van der Waals surface area (Å²) in [7, 11) is 0. The predicted molar refractivity (Wildman–Crippen MR) is 110 cm³/mol. The first-order valence-electron chi connectivity index (χ1n) is 9.51. The number of aryl methyl sites for hydroxylation is 1. The maximum atomic E-state index is 11.6. The van der Waals surface area contributed by atoms with Crippen molar-refractivity contribution in [2.75, 3.05) is 6.61 Å². The highest BCUT2D eigenvalue weighted by Gasteiger charge is 2.06. The molecule has 0 fully saturated rings. The molecular weight excluding hydrogens is 328 g/mol. The largest absolute Gasteiger partial charge is 0.504 e. The molecule has 2 N–H and O–H groups in total. The van der Waals surface area contributed by atoms with Crippen molar-refractivity contribution < 1.29 is 19.7 Å². The van der Waals surface area contributed by atoms with Crippen LogP contribution in [0.25, 0.3) is 0 Å². The van der Waals surface area contributed by atoms with Crippen LogP contribution in [0, 0.1) is 0 Å². The SMILES string of the molecule is C=C/C(=C\C)CCCCOC(=O)CCc1ccc(O)c(O)c1.CC.CC. The first kappa shape index (κ1) is 26.0. The number of rotatable bonds is 9. The number of carbonyl (C=O) groups excluding carboxylic acids is 1. The highest BCUT2D eigenvalue weighted by atomic mass is 16.5. The first-order valence-corrected chi connectivity index (χ1v) is 9.51. The van der Waals surface area contributed by atoms with Crippen molar-refractivity contribution in [2.45, 2.75) is 66.7 Å². The zero-order chi connectivity index (χ0) is 20.4. The standard InChI is InChI=1S/C18H24O4.2C2H6/c1-3-14(4-2)7-5-6-12-22-18(21)11-9-15-8-10-16(19)17(20)13-15;2*1-2/h3-4,8,10,13,19-20H,1,5-7,9,11-12H2,2H3;2*1-2H3/b14-4+;;. The van der Waals surface area contributed by atoms with Crippen LogP contribution in [0.15, 0.2) is 42.5 Å². The molecule has 26 heavy (non-hydrogen) atoms. The zero-order valence-electron chi connectivity index (χ0n) is 17.0. The molecule has 1 aromatic carbocycles. The van der Waals surface area contributed by atoms with E-state index < -0.39 is 0 Å². The molecule has 1 aromatic rings. The number of phenols is 2. The Kier molecular flexibility index (Phi) is 17.6. The fraction of sp³-hybridized carbons (Fsp3) is 0.500. The molecule has 0 radical (unpaired) electrons. The second kappa shape index (κ2) is 17.6. The molecule has 1 rings (SSSR count). The average molecular weight is 365 g/mol. The van der Waals surface area contributed by atoms with Gasteiger partial charge in [-0.1, -0.05) is 58.1 Å². The molecule has 0 unspecified atom stereocenters. The molecule has 4 nitrogen and oxygen atoms in total. The van der Waals surface area contributed by atoms with E-state index in [1.165, 1.54) is 17.7 Å². The normalized spacial score (nSPS) is 9.96. The van der Waals surface area contributed by atoms with E-state index >= 15 is 0 Å². The van der Waals surface area contributed by atoms with Gasteiger partial charge in [0.25, 0.3) is 0 Å². The summed E-state index contributed by atoms with van der Waals surface area (Å²) in [4.78, 5) is 11.6. The highest BCUT2D eigenvalue weighted by Crippen LogP contribution is 2.25. The lowest BCUT2D eigenvalue weighted by Crippen LogP contribution is -2.07. The van der Waals surface area contributed by atoms with Crippen molar-refractivity contribution in [1.29, 1.82) is 0 Å². The van der Waals surface area contributed by atoms with Crippen LogP contribution in [0.5, 0.6) is 11.5 Å². The summed E-state index contributed by atoms with van der Waals surface area (Å²) in [5.74, 6) is -0.582. The van der Waals surface area contributed by atoms with Crippen molar-refractivity contribution in [2.24, 2.45) is 0 Å². The fourth-order valence-electron chi connectivity index (χ4n) is 2.02. The third kappa shape index (κ3) is 12.2. The van der Waals surface area contributed by atoms with Gasteiger partial charge in [-0.3, -0.25) is 4.79 Å². The number of ether oxygens (including phenoxy) is 1. The lowest BCUT2D eigenvalue weighted by atomic mass is 10.1. The molecule has 0 saturated carbocycles. The Balaban J connectivity index is 0. The summed E-state index contributed by atoms with van der Waals surface area (Å²) < 4.78 is 5.17. The number of esters is 1. The third-order valence-corrected chi connectivity index (χ3v) is 3.41. The van der Waals surface area contributed by atoms with Crippen LogP contribution < -0.4 is 0 Å². The molecule has 0 aromatic heterocycles. The van der Waals surface area contributed by atoms with E-state index in [1.807, 2.05) is 46.8 Å². The molecule has 0 aliphatic rings. The van der Waals surface area contributed by atoms with Crippen LogP contribution in [-0.2, 0) is 16.0 Å². The Hall–Kier alpha value is -2.23. The fourth-order valence-corrected chi connectivity index (χ4v) is 2.02. The van der Waals surface area contributed by atoms with Gasteiger partial charge >= 0.3 is 5.97 Å². The van der Waals surface area contributed by atoms with Gasteiger partial charge in [0.1, 0.15) is 0 Å². The second-order valence-corrected chi connectivity index (χ2v) is 5.07. The molecule has 0 spiro atoms. The van der Waals surface area contributed by atoms with E-state index in [4.69, 9.17) is 4.74 Å². The van der Waals surface area contributed by atoms with Gasteiger partial charge in [0.05, 0.1) is 6.61 Å². The topological polar surface area (TPSA) is 66.8 Å². The summed E-state index contributed by atoms with van der Waals surface area (Å²) in [5.41, 5.74) is 1.99. The Bertz CT molecular complexity index is 533. The minimum atomic E-state index is -0.248. The molecule has 0 amide bonds. The summed E-state index contributed by atoms with van der Waals surface area (Å²) in [5, 5.41) is 18.6. The molecule has 148 valence electrons. The minimum absolute atomic E-state index is 0.161. The van der Waals surface area contributed by atoms with E-state index in [-0.39, 0.29) is 23.9 Å². The molecule has 0 saturated heterocycles. The first-order chi connectivity index (χ1) is 12.6. The van der Waals surface area contributed by atoms with Crippen molar-refractivity contribution in [1.82, 2.24) is 0 Å². The van der Waals surface area contributed by atoms with E-state index in [1.54, 1.807) is 6.07 Å². The van der Waals surface area contributed by atoms with E-state index in [0.29, 0.717) is 13.0 Å². The van der Waals surface area contributed by atoms with Gasteiger partial charge in [0.2, 0.25) is 0 Å². The number of aromatic hydroxyl groups is 2. The molecule has 0 aliphatic carbocycles. The van der Waals surface area contributed by atoms with Gasteiger partial charge in [-0.25, -0.2) is 0 Å². The van der Waals surface area contributed by atoms with Crippen molar-refractivity contribution in [3.05, 3.63) is 48.1 Å². The maximum absolute atomic E-state index is 11.6. The van der Waals surface area contributed by atoms with Crippen LogP contribution in [0.4, 0.5) is 0 Å². The summed E-state index contributed by atoms with van der Waals surface area (Å²) >= 11 is 0. The summed E-state index contributed by atoms with van der Waals surface area (Å²) in [6.45, 7) is 14.1. The van der Waals surface area contributed by atoms with E-state index in [0.717, 1.165) is 24.8 Å². The predicted octanol–water partition coefficient (Wildman–Crippen LogP) is 5.93. The molecule has 0 bridgehead atoms. The Morgan fingerprint density at radius 3 is 2.27 bits per heavy atom. The number of hydrogen-bond acceptors (Lipinski definition) is 4. The van der Waals surface area contributed by atoms with Crippen LogP contribution >= 0.6 is 0 Å². The number of allylic oxidation sites excluding steroid dienone is 3. The van der Waals surface area contributed by atoms with Gasteiger partial charge in [-0.05, 0) is 50.3 Å². The smallest absolute Gasteiger partial charge is 0.306 e. The summed E-state index contributed by atoms with van der Waals surface area (Å²) in [6, 6.07) is 4.54. The van der Waals surface area contributed by atoms with Gasteiger partial charge < -0.3 is 14.9 Å². The van der Waals surface area contributed by atoms with Crippen LogP contribution in [0.2, 0.25) is 0 Å². The van der Waals surface area contributed by atoms with Crippen LogP contribution in [0.3, 0.4) is 0 Å². The monoisotopic (exact) mass is 364 g/mol. The lowest BCUT2D eigenvalue weighted by molar-refractivity contribution is -0.143. The number of benzene rings is 1.